The summed E-state index contributed by atoms with van der Waals surface area (Å²) in [5, 5.41) is 2.34. The van der Waals surface area contributed by atoms with Gasteiger partial charge in [0.2, 0.25) is 11.8 Å². The first kappa shape index (κ1) is 19.4. The molecule has 1 aliphatic heterocycles. The second kappa shape index (κ2) is 9.01. The van der Waals surface area contributed by atoms with Gasteiger partial charge in [-0.05, 0) is 36.2 Å². The summed E-state index contributed by atoms with van der Waals surface area (Å²) in [5.74, 6) is 0.415. The Labute approximate surface area is 168 Å². The highest BCUT2D eigenvalue weighted by Gasteiger charge is 2.37. The summed E-state index contributed by atoms with van der Waals surface area (Å²) < 4.78 is 5.63. The van der Waals surface area contributed by atoms with Crippen LogP contribution in [0.15, 0.2) is 54.6 Å². The highest BCUT2D eigenvalue weighted by atomic mass is 32.2. The summed E-state index contributed by atoms with van der Waals surface area (Å²) in [4.78, 5) is 26.5. The molecule has 2 amide bonds. The second-order valence-electron chi connectivity index (χ2n) is 6.08. The smallest absolute Gasteiger partial charge is 0.242 e. The van der Waals surface area contributed by atoms with Crippen molar-refractivity contribution in [2.45, 2.75) is 18.1 Å². The summed E-state index contributed by atoms with van der Waals surface area (Å²) in [6, 6.07) is 17.0. The fourth-order valence-electron chi connectivity index (χ4n) is 2.77. The molecule has 1 aliphatic rings. The van der Waals surface area contributed by atoms with Gasteiger partial charge in [-0.3, -0.25) is 14.5 Å². The van der Waals surface area contributed by atoms with Gasteiger partial charge in [0, 0.05) is 18.7 Å². The van der Waals surface area contributed by atoms with Crippen LogP contribution in [-0.4, -0.2) is 39.9 Å². The van der Waals surface area contributed by atoms with E-state index in [-0.39, 0.29) is 18.2 Å². The number of hydrogen-bond acceptors (Lipinski definition) is 5. The van der Waals surface area contributed by atoms with Crippen molar-refractivity contribution < 1.29 is 14.3 Å². The van der Waals surface area contributed by atoms with Gasteiger partial charge >= 0.3 is 0 Å². The van der Waals surface area contributed by atoms with Crippen LogP contribution in [0.4, 0.5) is 5.69 Å². The zero-order chi connectivity index (χ0) is 19.2. The molecule has 1 saturated heterocycles. The maximum absolute atomic E-state index is 12.6. The molecule has 1 N–H and O–H groups in total. The highest BCUT2D eigenvalue weighted by Crippen LogP contribution is 2.30. The number of amides is 2. The second-order valence-corrected chi connectivity index (χ2v) is 7.92. The first-order valence-electron chi connectivity index (χ1n) is 8.56. The fraction of sp³-hybridized carbons (Fsp3) is 0.250. The molecule has 2 aromatic rings. The van der Waals surface area contributed by atoms with Gasteiger partial charge in [-0.25, -0.2) is 0 Å². The van der Waals surface area contributed by atoms with Crippen molar-refractivity contribution >= 4 is 45.8 Å². The fourth-order valence-corrected chi connectivity index (χ4v) is 4.31. The number of thioether (sulfide) groups is 1. The van der Waals surface area contributed by atoms with E-state index in [9.17, 15) is 9.59 Å². The highest BCUT2D eigenvalue weighted by molar-refractivity contribution is 8.24. The van der Waals surface area contributed by atoms with Crippen molar-refractivity contribution in [3.8, 4) is 5.75 Å². The lowest BCUT2D eigenvalue weighted by molar-refractivity contribution is -0.128. The van der Waals surface area contributed by atoms with Gasteiger partial charge in [0.1, 0.15) is 10.1 Å². The number of nitrogens with zero attached hydrogens (tertiary/aromatic N) is 1. The molecule has 3 rings (SSSR count). The minimum atomic E-state index is -0.466. The van der Waals surface area contributed by atoms with Crippen molar-refractivity contribution in [1.29, 1.82) is 0 Å². The minimum absolute atomic E-state index is 0.0918. The number of anilines is 1. The third-order valence-corrected chi connectivity index (χ3v) is 5.80. The van der Waals surface area contributed by atoms with Crippen LogP contribution in [0.2, 0.25) is 0 Å². The predicted octanol–water partition coefficient (Wildman–Crippen LogP) is 3.50. The first-order valence-corrected chi connectivity index (χ1v) is 9.85. The number of thiocarbonyl (C=S) groups is 1. The topological polar surface area (TPSA) is 58.6 Å². The number of carbonyl (C=O) groups is 2. The van der Waals surface area contributed by atoms with Crippen molar-refractivity contribution in [2.24, 2.45) is 0 Å². The SMILES string of the molecule is COc1ccc(NC(=O)CC2SC(=S)N(CCc3ccccc3)C2=O)cc1. The molecular formula is C20H20N2O3S2. The van der Waals surface area contributed by atoms with E-state index in [1.165, 1.54) is 11.8 Å². The zero-order valence-electron chi connectivity index (χ0n) is 14.9. The van der Waals surface area contributed by atoms with Gasteiger partial charge in [0.15, 0.2) is 0 Å². The van der Waals surface area contributed by atoms with Crippen LogP contribution in [0.5, 0.6) is 5.75 Å². The Morgan fingerprint density at radius 3 is 2.56 bits per heavy atom. The van der Waals surface area contributed by atoms with Crippen LogP contribution in [0.1, 0.15) is 12.0 Å². The molecule has 0 radical (unpaired) electrons. The molecule has 0 spiro atoms. The van der Waals surface area contributed by atoms with E-state index in [1.807, 2.05) is 30.3 Å². The Bertz CT molecular complexity index is 825. The maximum Gasteiger partial charge on any atom is 0.242 e. The van der Waals surface area contributed by atoms with Crippen molar-refractivity contribution in [2.75, 3.05) is 19.0 Å². The molecule has 1 unspecified atom stereocenters. The predicted molar refractivity (Wildman–Crippen MR) is 112 cm³/mol. The molecule has 7 heteroatoms. The summed E-state index contributed by atoms with van der Waals surface area (Å²) in [6.45, 7) is 0.533. The Kier molecular flexibility index (Phi) is 6.47. The molecule has 27 heavy (non-hydrogen) atoms. The molecule has 0 aromatic heterocycles. The Morgan fingerprint density at radius 1 is 1.19 bits per heavy atom. The van der Waals surface area contributed by atoms with E-state index in [2.05, 4.69) is 5.32 Å². The van der Waals surface area contributed by atoms with Crippen molar-refractivity contribution in [3.63, 3.8) is 0 Å². The zero-order valence-corrected chi connectivity index (χ0v) is 16.5. The minimum Gasteiger partial charge on any atom is -0.497 e. The largest absolute Gasteiger partial charge is 0.497 e. The van der Waals surface area contributed by atoms with Crippen molar-refractivity contribution in [3.05, 3.63) is 60.2 Å². The van der Waals surface area contributed by atoms with Crippen LogP contribution < -0.4 is 10.1 Å². The van der Waals surface area contributed by atoms with Crippen LogP contribution in [0.3, 0.4) is 0 Å². The summed E-state index contributed by atoms with van der Waals surface area (Å²) in [5.41, 5.74) is 1.82. The number of ether oxygens (including phenoxy) is 1. The summed E-state index contributed by atoms with van der Waals surface area (Å²) in [7, 11) is 1.59. The van der Waals surface area contributed by atoms with E-state index in [0.717, 1.165) is 12.0 Å². The van der Waals surface area contributed by atoms with Crippen LogP contribution >= 0.6 is 24.0 Å². The van der Waals surface area contributed by atoms with Gasteiger partial charge in [0.25, 0.3) is 0 Å². The van der Waals surface area contributed by atoms with E-state index < -0.39 is 5.25 Å². The molecule has 1 heterocycles. The Hall–Kier alpha value is -2.38. The number of carbonyl (C=O) groups excluding carboxylic acids is 2. The summed E-state index contributed by atoms with van der Waals surface area (Å²) in [6.07, 6.45) is 0.829. The molecule has 0 aliphatic carbocycles. The molecule has 1 fully saturated rings. The third-order valence-electron chi connectivity index (χ3n) is 4.22. The Balaban J connectivity index is 1.53. The lowest BCUT2D eigenvalue weighted by atomic mass is 10.1. The Morgan fingerprint density at radius 2 is 1.89 bits per heavy atom. The van der Waals surface area contributed by atoms with Gasteiger partial charge in [-0.15, -0.1) is 0 Å². The lowest BCUT2D eigenvalue weighted by Crippen LogP contribution is -2.34. The number of nitrogens with one attached hydrogen (secondary N) is 1. The third kappa shape index (κ3) is 5.08. The quantitative estimate of drug-likeness (QED) is 0.721. The molecule has 5 nitrogen and oxygen atoms in total. The number of methoxy groups -OCH3 is 1. The number of hydrogen-bond donors (Lipinski definition) is 1. The van der Waals surface area contributed by atoms with E-state index in [0.29, 0.717) is 22.3 Å². The molecule has 0 saturated carbocycles. The molecule has 0 bridgehead atoms. The molecule has 2 aromatic carbocycles. The standard InChI is InChI=1S/C20H20N2O3S2/c1-25-16-9-7-15(8-10-16)21-18(23)13-17-19(24)22(20(26)27-17)12-11-14-5-3-2-4-6-14/h2-10,17H,11-13H2,1H3,(H,21,23). The summed E-state index contributed by atoms with van der Waals surface area (Å²) >= 11 is 6.63. The lowest BCUT2D eigenvalue weighted by Gasteiger charge is -2.15. The molecular weight excluding hydrogens is 380 g/mol. The monoisotopic (exact) mass is 400 g/mol. The first-order chi connectivity index (χ1) is 13.1. The average molecular weight is 401 g/mol. The van der Waals surface area contributed by atoms with Crippen LogP contribution in [-0.2, 0) is 16.0 Å². The number of benzene rings is 2. The van der Waals surface area contributed by atoms with Crippen molar-refractivity contribution in [1.82, 2.24) is 4.90 Å². The van der Waals surface area contributed by atoms with Gasteiger partial charge in [-0.2, -0.15) is 0 Å². The average Bonchev–Trinajstić information content (AvgIpc) is 2.94. The normalized spacial score (nSPS) is 16.5. The molecule has 140 valence electrons. The molecule has 1 atom stereocenters. The van der Waals surface area contributed by atoms with E-state index >= 15 is 0 Å². The van der Waals surface area contributed by atoms with Gasteiger partial charge < -0.3 is 10.1 Å². The van der Waals surface area contributed by atoms with Gasteiger partial charge in [0.05, 0.1) is 12.4 Å². The van der Waals surface area contributed by atoms with E-state index in [1.54, 1.807) is 36.3 Å². The maximum atomic E-state index is 12.6. The van der Waals surface area contributed by atoms with Gasteiger partial charge in [-0.1, -0.05) is 54.3 Å². The van der Waals surface area contributed by atoms with Crippen LogP contribution in [0, 0.1) is 0 Å². The van der Waals surface area contributed by atoms with Crippen LogP contribution in [0.25, 0.3) is 0 Å². The van der Waals surface area contributed by atoms with E-state index in [4.69, 9.17) is 17.0 Å². The number of rotatable bonds is 7.